The summed E-state index contributed by atoms with van der Waals surface area (Å²) in [5.74, 6) is 2.55. The largest absolute Gasteiger partial charge is 0.457 e. The SMILES string of the molecule is C=C(C)C(=O)Nc1ncnc(NC2CCC(C(O)C#CC(F)(F)F)C2)c1C=N. The van der Waals surface area contributed by atoms with Crippen molar-refractivity contribution in [3.8, 4) is 11.8 Å². The molecule has 1 saturated carbocycles. The van der Waals surface area contributed by atoms with Gasteiger partial charge in [-0.25, -0.2) is 9.97 Å². The lowest BCUT2D eigenvalue weighted by Gasteiger charge is -2.17. The molecule has 0 aromatic carbocycles. The van der Waals surface area contributed by atoms with Gasteiger partial charge in [0.2, 0.25) is 0 Å². The minimum Gasteiger partial charge on any atom is -0.380 e. The van der Waals surface area contributed by atoms with Crippen LogP contribution in [0.15, 0.2) is 18.5 Å². The quantitative estimate of drug-likeness (QED) is 0.336. The highest BCUT2D eigenvalue weighted by Gasteiger charge is 2.31. The number of hydrogen-bond acceptors (Lipinski definition) is 6. The fourth-order valence-electron chi connectivity index (χ4n) is 2.86. The number of aliphatic hydroxyl groups is 1. The molecule has 0 radical (unpaired) electrons. The molecule has 1 aromatic rings. The van der Waals surface area contributed by atoms with Crippen LogP contribution < -0.4 is 10.6 Å². The molecule has 4 N–H and O–H groups in total. The second-order valence-electron chi connectivity index (χ2n) is 6.49. The van der Waals surface area contributed by atoms with Gasteiger partial charge in [-0.15, -0.1) is 0 Å². The van der Waals surface area contributed by atoms with Crippen LogP contribution in [-0.2, 0) is 4.79 Å². The lowest BCUT2D eigenvalue weighted by Crippen LogP contribution is -2.22. The van der Waals surface area contributed by atoms with Crippen molar-refractivity contribution in [2.75, 3.05) is 10.6 Å². The van der Waals surface area contributed by atoms with Gasteiger partial charge in [0.05, 0.1) is 5.56 Å². The van der Waals surface area contributed by atoms with E-state index in [9.17, 15) is 23.1 Å². The molecule has 1 heterocycles. The minimum absolute atomic E-state index is 0.145. The summed E-state index contributed by atoms with van der Waals surface area (Å²) in [5.41, 5.74) is 0.537. The Labute approximate surface area is 160 Å². The van der Waals surface area contributed by atoms with Gasteiger partial charge in [-0.3, -0.25) is 4.79 Å². The number of hydrogen-bond donors (Lipinski definition) is 4. The number of aliphatic hydroxyl groups excluding tert-OH is 1. The Balaban J connectivity index is 2.08. The standard InChI is InChI=1S/C18H20F3N5O2/c1-10(2)17(28)26-16-13(8-22)15(23-9-24-16)25-12-4-3-11(7-12)14(27)5-6-18(19,20)21/h8-9,11-12,14,22,27H,1,3-4,7H2,2H3,(H2,23,24,25,26,28). The molecule has 3 atom stereocenters. The third-order valence-electron chi connectivity index (χ3n) is 4.27. The maximum Gasteiger partial charge on any atom is 0.457 e. The predicted molar refractivity (Wildman–Crippen MR) is 98.0 cm³/mol. The van der Waals surface area contributed by atoms with Crippen molar-refractivity contribution >= 4 is 23.8 Å². The molecule has 2 rings (SSSR count). The van der Waals surface area contributed by atoms with Crippen LogP contribution in [-0.4, -0.2) is 45.5 Å². The molecule has 150 valence electrons. The second-order valence-corrected chi connectivity index (χ2v) is 6.49. The summed E-state index contributed by atoms with van der Waals surface area (Å²) in [4.78, 5) is 19.8. The van der Waals surface area contributed by atoms with Crippen molar-refractivity contribution in [1.82, 2.24) is 9.97 Å². The Hall–Kier alpha value is -2.93. The van der Waals surface area contributed by atoms with Gasteiger partial charge in [0.25, 0.3) is 5.91 Å². The van der Waals surface area contributed by atoms with Gasteiger partial charge in [-0.2, -0.15) is 13.2 Å². The van der Waals surface area contributed by atoms with E-state index in [4.69, 9.17) is 5.41 Å². The first kappa shape index (κ1) is 21.4. The van der Waals surface area contributed by atoms with E-state index >= 15 is 0 Å². The van der Waals surface area contributed by atoms with Crippen LogP contribution in [0, 0.1) is 23.2 Å². The summed E-state index contributed by atoms with van der Waals surface area (Å²) in [5, 5.41) is 23.1. The van der Waals surface area contributed by atoms with E-state index in [1.807, 2.05) is 5.92 Å². The van der Waals surface area contributed by atoms with Crippen molar-refractivity contribution in [2.24, 2.45) is 5.92 Å². The number of amides is 1. The summed E-state index contributed by atoms with van der Waals surface area (Å²) in [6.07, 6.45) is -2.32. The number of aromatic nitrogens is 2. The zero-order valence-electron chi connectivity index (χ0n) is 15.1. The number of alkyl halides is 3. The molecule has 0 saturated heterocycles. The van der Waals surface area contributed by atoms with Crippen LogP contribution in [0.1, 0.15) is 31.7 Å². The predicted octanol–water partition coefficient (Wildman–Crippen LogP) is 2.50. The molecule has 1 aromatic heterocycles. The molecule has 0 spiro atoms. The first-order valence-corrected chi connectivity index (χ1v) is 8.47. The number of carbonyl (C=O) groups excluding carboxylic acids is 1. The van der Waals surface area contributed by atoms with Crippen molar-refractivity contribution < 1.29 is 23.1 Å². The lowest BCUT2D eigenvalue weighted by atomic mass is 10.0. The van der Waals surface area contributed by atoms with E-state index in [-0.39, 0.29) is 23.0 Å². The maximum absolute atomic E-state index is 12.2. The summed E-state index contributed by atoms with van der Waals surface area (Å²) in [6, 6.07) is -0.175. The number of halogens is 3. The van der Waals surface area contributed by atoms with E-state index in [2.05, 4.69) is 27.2 Å². The summed E-state index contributed by atoms with van der Waals surface area (Å²) < 4.78 is 36.5. The number of anilines is 2. The Morgan fingerprint density at radius 3 is 2.71 bits per heavy atom. The molecule has 28 heavy (non-hydrogen) atoms. The topological polar surface area (TPSA) is 111 Å². The van der Waals surface area contributed by atoms with Crippen LogP contribution in [0.2, 0.25) is 0 Å². The van der Waals surface area contributed by atoms with Crippen LogP contribution in [0.5, 0.6) is 0 Å². The van der Waals surface area contributed by atoms with Gasteiger partial charge in [-0.1, -0.05) is 12.5 Å². The molecule has 3 unspecified atom stereocenters. The van der Waals surface area contributed by atoms with Gasteiger partial charge in [0.1, 0.15) is 24.1 Å². The van der Waals surface area contributed by atoms with Gasteiger partial charge in [0, 0.05) is 23.7 Å². The fourth-order valence-corrected chi connectivity index (χ4v) is 2.86. The van der Waals surface area contributed by atoms with Crippen LogP contribution in [0.4, 0.5) is 24.8 Å². The van der Waals surface area contributed by atoms with E-state index in [1.54, 1.807) is 0 Å². The second kappa shape index (κ2) is 8.84. The molecule has 10 heteroatoms. The van der Waals surface area contributed by atoms with Gasteiger partial charge < -0.3 is 21.1 Å². The maximum atomic E-state index is 12.2. The molecule has 1 aliphatic carbocycles. The average Bonchev–Trinajstić information content (AvgIpc) is 3.07. The Kier molecular flexibility index (Phi) is 6.75. The highest BCUT2D eigenvalue weighted by molar-refractivity contribution is 6.05. The van der Waals surface area contributed by atoms with Crippen LogP contribution >= 0.6 is 0 Å². The van der Waals surface area contributed by atoms with Crippen molar-refractivity contribution in [1.29, 1.82) is 5.41 Å². The van der Waals surface area contributed by atoms with E-state index < -0.39 is 24.1 Å². The summed E-state index contributed by atoms with van der Waals surface area (Å²) in [6.45, 7) is 5.07. The van der Waals surface area contributed by atoms with E-state index in [0.717, 1.165) is 12.1 Å². The van der Waals surface area contributed by atoms with Crippen molar-refractivity contribution in [2.45, 2.75) is 44.5 Å². The normalized spacial score (nSPS) is 19.9. The Bertz CT molecular complexity index is 829. The molecule has 1 aliphatic rings. The van der Waals surface area contributed by atoms with Gasteiger partial charge >= 0.3 is 6.18 Å². The highest BCUT2D eigenvalue weighted by Crippen LogP contribution is 2.31. The summed E-state index contributed by atoms with van der Waals surface area (Å²) in [7, 11) is 0. The Morgan fingerprint density at radius 2 is 2.11 bits per heavy atom. The van der Waals surface area contributed by atoms with Crippen LogP contribution in [0.3, 0.4) is 0 Å². The molecule has 1 fully saturated rings. The molecule has 0 aliphatic heterocycles. The van der Waals surface area contributed by atoms with Crippen molar-refractivity contribution in [3.05, 3.63) is 24.0 Å². The third kappa shape index (κ3) is 5.79. The third-order valence-corrected chi connectivity index (χ3v) is 4.27. The molecular weight excluding hydrogens is 375 g/mol. The first-order valence-electron chi connectivity index (χ1n) is 8.47. The zero-order valence-corrected chi connectivity index (χ0v) is 15.1. The summed E-state index contributed by atoms with van der Waals surface area (Å²) >= 11 is 0. The smallest absolute Gasteiger partial charge is 0.380 e. The molecule has 1 amide bonds. The molecule has 7 nitrogen and oxygen atoms in total. The molecule has 0 bridgehead atoms. The number of carbonyl (C=O) groups is 1. The van der Waals surface area contributed by atoms with Gasteiger partial charge in [0.15, 0.2) is 0 Å². The highest BCUT2D eigenvalue weighted by atomic mass is 19.4. The number of rotatable bonds is 6. The van der Waals surface area contributed by atoms with Crippen LogP contribution in [0.25, 0.3) is 0 Å². The monoisotopic (exact) mass is 395 g/mol. The zero-order chi connectivity index (χ0) is 20.9. The van der Waals surface area contributed by atoms with E-state index in [0.29, 0.717) is 25.1 Å². The van der Waals surface area contributed by atoms with Crippen molar-refractivity contribution in [3.63, 3.8) is 0 Å². The minimum atomic E-state index is -4.64. The van der Waals surface area contributed by atoms with E-state index in [1.165, 1.54) is 13.3 Å². The van der Waals surface area contributed by atoms with Gasteiger partial charge in [-0.05, 0) is 32.1 Å². The number of nitrogens with zero attached hydrogens (tertiary/aromatic N) is 2. The lowest BCUT2D eigenvalue weighted by molar-refractivity contribution is -0.112. The molecular formula is C18H20F3N5O2. The number of nitrogens with one attached hydrogen (secondary N) is 3. The Morgan fingerprint density at radius 1 is 1.43 bits per heavy atom. The first-order chi connectivity index (χ1) is 13.1. The fraction of sp³-hybridized carbons (Fsp3) is 0.444. The average molecular weight is 395 g/mol.